The summed E-state index contributed by atoms with van der Waals surface area (Å²) in [7, 11) is 1.57. The van der Waals surface area contributed by atoms with E-state index in [0.717, 1.165) is 31.9 Å². The van der Waals surface area contributed by atoms with Gasteiger partial charge in [0.1, 0.15) is 0 Å². The maximum atomic E-state index is 5.01. The van der Waals surface area contributed by atoms with Crippen LogP contribution < -0.4 is 5.32 Å². The molecule has 19 heavy (non-hydrogen) atoms. The Morgan fingerprint density at radius 1 is 1.42 bits per heavy atom. The molecule has 0 aromatic carbocycles. The van der Waals surface area contributed by atoms with E-state index in [0.29, 0.717) is 5.88 Å². The van der Waals surface area contributed by atoms with Crippen LogP contribution in [-0.4, -0.2) is 40.1 Å². The van der Waals surface area contributed by atoms with E-state index in [4.69, 9.17) is 9.47 Å². The predicted molar refractivity (Wildman–Crippen MR) is 85.8 cm³/mol. The van der Waals surface area contributed by atoms with Gasteiger partial charge < -0.3 is 14.8 Å². The Kier molecular flexibility index (Phi) is 17.9. The van der Waals surface area contributed by atoms with Crippen LogP contribution in [0.25, 0.3) is 0 Å². The summed E-state index contributed by atoms with van der Waals surface area (Å²) >= 11 is 0. The van der Waals surface area contributed by atoms with Crippen molar-refractivity contribution < 1.29 is 10.9 Å². The standard InChI is InChI=1S/C8H13NO.C4H9NO.C3H8.H2/c1-5-7(2)6-8(9-3)10-4;1-3-6-4-2-5-1;1-3-2;/h5-6H,3H2,1-2,4H3;5H,1-4H2;3H2,1-2H3;1H/b7-5-,8-6+;;;. The number of hydrogen-bond donors (Lipinski definition) is 1. The van der Waals surface area contributed by atoms with Crippen molar-refractivity contribution in [1.29, 1.82) is 0 Å². The zero-order chi connectivity index (χ0) is 14.9. The number of hydrogen-bond acceptors (Lipinski definition) is 4. The van der Waals surface area contributed by atoms with Gasteiger partial charge in [-0.3, -0.25) is 0 Å². The molecule has 1 N–H and O–H groups in total. The van der Waals surface area contributed by atoms with Gasteiger partial charge in [0.05, 0.1) is 20.3 Å². The summed E-state index contributed by atoms with van der Waals surface area (Å²) in [6.45, 7) is 15.4. The van der Waals surface area contributed by atoms with Crippen molar-refractivity contribution in [2.45, 2.75) is 34.1 Å². The van der Waals surface area contributed by atoms with E-state index in [9.17, 15) is 0 Å². The van der Waals surface area contributed by atoms with Crippen LogP contribution in [0.4, 0.5) is 0 Å². The molecule has 1 saturated heterocycles. The Bertz CT molecular complexity index is 251. The molecule has 0 unspecified atom stereocenters. The number of allylic oxidation sites excluding steroid dienone is 3. The van der Waals surface area contributed by atoms with Gasteiger partial charge in [-0.1, -0.05) is 31.9 Å². The van der Waals surface area contributed by atoms with E-state index < -0.39 is 0 Å². The Hall–Kier alpha value is -1.13. The maximum absolute atomic E-state index is 5.01. The van der Waals surface area contributed by atoms with Crippen LogP contribution in [0.15, 0.2) is 28.6 Å². The molecule has 1 heterocycles. The lowest BCUT2D eigenvalue weighted by Gasteiger charge is -2.10. The fraction of sp³-hybridized carbons (Fsp3) is 0.667. The average Bonchev–Trinajstić information content (AvgIpc) is 2.47. The molecule has 4 nitrogen and oxygen atoms in total. The first-order chi connectivity index (χ1) is 9.15. The third kappa shape index (κ3) is 16.9. The van der Waals surface area contributed by atoms with Gasteiger partial charge in [0.15, 0.2) is 0 Å². The molecule has 0 bridgehead atoms. The van der Waals surface area contributed by atoms with Crippen molar-refractivity contribution in [2.75, 3.05) is 33.4 Å². The summed E-state index contributed by atoms with van der Waals surface area (Å²) in [5.74, 6) is 0.551. The number of ether oxygens (including phenoxy) is 2. The highest BCUT2D eigenvalue weighted by Gasteiger charge is 1.93. The van der Waals surface area contributed by atoms with Gasteiger partial charge in [0.25, 0.3) is 0 Å². The highest BCUT2D eigenvalue weighted by molar-refractivity contribution is 5.29. The summed E-state index contributed by atoms with van der Waals surface area (Å²) in [6.07, 6.45) is 5.05. The fourth-order valence-electron chi connectivity index (χ4n) is 0.963. The molecule has 0 radical (unpaired) electrons. The SMILES string of the molecule is C1COCCN1.C=N/C(=C\C(C)=C/C)OC.CCC.[HH]. The predicted octanol–water partition coefficient (Wildman–Crippen LogP) is 3.41. The van der Waals surface area contributed by atoms with Crippen LogP contribution in [0, 0.1) is 0 Å². The zero-order valence-electron chi connectivity index (χ0n) is 13.2. The Labute approximate surface area is 120 Å². The van der Waals surface area contributed by atoms with Gasteiger partial charge in [-0.2, -0.15) is 0 Å². The van der Waals surface area contributed by atoms with Crippen LogP contribution in [-0.2, 0) is 9.47 Å². The summed E-state index contributed by atoms with van der Waals surface area (Å²) in [5, 5.41) is 3.16. The normalized spacial score (nSPS) is 15.4. The molecule has 0 atom stereocenters. The van der Waals surface area contributed by atoms with Crippen molar-refractivity contribution in [3.8, 4) is 0 Å². The minimum absolute atomic E-state index is 0. The van der Waals surface area contributed by atoms with Gasteiger partial charge in [-0.05, 0) is 20.6 Å². The molecule has 0 amide bonds. The summed E-state index contributed by atoms with van der Waals surface area (Å²) < 4.78 is 9.87. The van der Waals surface area contributed by atoms with Gasteiger partial charge in [-0.15, -0.1) is 0 Å². The van der Waals surface area contributed by atoms with E-state index >= 15 is 0 Å². The van der Waals surface area contributed by atoms with Gasteiger partial charge >= 0.3 is 0 Å². The van der Waals surface area contributed by atoms with Crippen molar-refractivity contribution in [2.24, 2.45) is 4.99 Å². The molecule has 114 valence electrons. The number of aliphatic imine (C=N–C) groups is 1. The highest BCUT2D eigenvalue weighted by Crippen LogP contribution is 2.02. The minimum Gasteiger partial charge on any atom is -0.481 e. The summed E-state index contributed by atoms with van der Waals surface area (Å²) in [5.41, 5.74) is 1.12. The lowest BCUT2D eigenvalue weighted by atomic mass is 10.3. The number of nitrogens with zero attached hydrogens (tertiary/aromatic N) is 1. The number of methoxy groups -OCH3 is 1. The highest BCUT2D eigenvalue weighted by atomic mass is 16.5. The Morgan fingerprint density at radius 3 is 2.16 bits per heavy atom. The van der Waals surface area contributed by atoms with E-state index in [2.05, 4.69) is 30.9 Å². The number of rotatable bonds is 3. The summed E-state index contributed by atoms with van der Waals surface area (Å²) in [6, 6.07) is 0. The molecule has 0 aromatic heterocycles. The lowest BCUT2D eigenvalue weighted by Crippen LogP contribution is -2.30. The van der Waals surface area contributed by atoms with E-state index in [-0.39, 0.29) is 1.43 Å². The molecule has 1 aliphatic heterocycles. The number of nitrogens with one attached hydrogen (secondary N) is 1. The van der Waals surface area contributed by atoms with Crippen molar-refractivity contribution >= 4 is 6.72 Å². The minimum atomic E-state index is 0. The van der Waals surface area contributed by atoms with Crippen molar-refractivity contribution in [1.82, 2.24) is 5.32 Å². The maximum Gasteiger partial charge on any atom is 0.212 e. The quantitative estimate of drug-likeness (QED) is 0.486. The molecule has 0 aliphatic carbocycles. The smallest absolute Gasteiger partial charge is 0.212 e. The van der Waals surface area contributed by atoms with Crippen molar-refractivity contribution in [3.63, 3.8) is 0 Å². The van der Waals surface area contributed by atoms with Crippen LogP contribution in [0.2, 0.25) is 0 Å². The Balaban J connectivity index is -0.000000246. The van der Waals surface area contributed by atoms with Crippen LogP contribution in [0.1, 0.15) is 35.5 Å². The molecule has 1 rings (SSSR count). The molecule has 1 fully saturated rings. The van der Waals surface area contributed by atoms with Crippen LogP contribution >= 0.6 is 0 Å². The monoisotopic (exact) mass is 272 g/mol. The van der Waals surface area contributed by atoms with Gasteiger partial charge in [-0.25, -0.2) is 4.99 Å². The third-order valence-electron chi connectivity index (χ3n) is 2.02. The molecule has 0 aromatic rings. The fourth-order valence-corrected chi connectivity index (χ4v) is 0.963. The Morgan fingerprint density at radius 2 is 1.95 bits per heavy atom. The topological polar surface area (TPSA) is 42.8 Å². The van der Waals surface area contributed by atoms with E-state index in [1.54, 1.807) is 7.11 Å². The zero-order valence-corrected chi connectivity index (χ0v) is 13.2. The first kappa shape index (κ1) is 20.2. The van der Waals surface area contributed by atoms with Crippen molar-refractivity contribution in [3.05, 3.63) is 23.6 Å². The second kappa shape index (κ2) is 16.9. The first-order valence-electron chi connectivity index (χ1n) is 6.79. The summed E-state index contributed by atoms with van der Waals surface area (Å²) in [4.78, 5) is 3.64. The van der Waals surface area contributed by atoms with E-state index in [1.165, 1.54) is 6.42 Å². The third-order valence-corrected chi connectivity index (χ3v) is 2.02. The molecular formula is C15H32N2O2. The lowest BCUT2D eigenvalue weighted by molar-refractivity contribution is 0.109. The van der Waals surface area contributed by atoms with E-state index in [1.807, 2.05) is 26.0 Å². The molecular weight excluding hydrogens is 240 g/mol. The molecule has 0 spiro atoms. The average molecular weight is 272 g/mol. The van der Waals surface area contributed by atoms with Gasteiger partial charge in [0.2, 0.25) is 5.88 Å². The second-order valence-corrected chi connectivity index (χ2v) is 3.95. The first-order valence-corrected chi connectivity index (χ1v) is 6.79. The largest absolute Gasteiger partial charge is 0.481 e. The molecule has 1 aliphatic rings. The molecule has 4 heteroatoms. The second-order valence-electron chi connectivity index (χ2n) is 3.95. The van der Waals surface area contributed by atoms with Gasteiger partial charge in [0, 0.05) is 20.6 Å². The van der Waals surface area contributed by atoms with Crippen LogP contribution in [0.3, 0.4) is 0 Å². The molecule has 0 saturated carbocycles. The number of morpholine rings is 1. The van der Waals surface area contributed by atoms with Crippen LogP contribution in [0.5, 0.6) is 0 Å².